The summed E-state index contributed by atoms with van der Waals surface area (Å²) in [6.45, 7) is 5.92. The number of rotatable bonds is 9. The molecule has 1 amide bonds. The Morgan fingerprint density at radius 3 is 2.52 bits per heavy atom. The predicted octanol–water partition coefficient (Wildman–Crippen LogP) is 2.13. The molecule has 0 atom stereocenters. The van der Waals surface area contributed by atoms with Gasteiger partial charge in [0.2, 0.25) is 0 Å². The third-order valence-corrected chi connectivity index (χ3v) is 4.24. The smallest absolute Gasteiger partial charge is 0.330 e. The molecule has 0 radical (unpaired) electrons. The zero-order valence-electron chi connectivity index (χ0n) is 16.9. The minimum Gasteiger partial charge on any atom is -0.484 e. The number of nitrogens with one attached hydrogen (secondary N) is 1. The van der Waals surface area contributed by atoms with E-state index >= 15 is 0 Å². The molecular formula is C20H27FN4O4. The van der Waals surface area contributed by atoms with Gasteiger partial charge in [0.15, 0.2) is 12.3 Å². The van der Waals surface area contributed by atoms with E-state index in [9.17, 15) is 18.8 Å². The highest BCUT2D eigenvalue weighted by molar-refractivity contribution is 5.96. The van der Waals surface area contributed by atoms with E-state index in [4.69, 9.17) is 10.5 Å². The van der Waals surface area contributed by atoms with Gasteiger partial charge in [0.25, 0.3) is 11.5 Å². The number of anilines is 2. The number of H-pyrrole nitrogens is 1. The molecule has 0 bridgehead atoms. The maximum atomic E-state index is 13.0. The van der Waals surface area contributed by atoms with Crippen LogP contribution in [0.5, 0.6) is 5.75 Å². The summed E-state index contributed by atoms with van der Waals surface area (Å²) >= 11 is 0. The van der Waals surface area contributed by atoms with Gasteiger partial charge in [-0.2, -0.15) is 0 Å². The second-order valence-electron chi connectivity index (χ2n) is 7.14. The summed E-state index contributed by atoms with van der Waals surface area (Å²) in [5.74, 6) is -0.624. The number of unbranched alkanes of at least 4 members (excludes halogenated alkanes) is 1. The molecule has 3 N–H and O–H groups in total. The standard InChI is InChI=1S/C20H27FN4O4/c1-4-5-10-24-18(22)17(19(27)23-20(24)28)25(11-13(2)3)16(26)12-29-15-8-6-14(21)7-9-15/h6-9,13H,4-5,10-12,22H2,1-3H3,(H,23,27,28). The molecule has 0 fully saturated rings. The van der Waals surface area contributed by atoms with Crippen LogP contribution in [-0.2, 0) is 11.3 Å². The number of nitrogen functional groups attached to an aromatic ring is 1. The molecule has 0 aliphatic rings. The highest BCUT2D eigenvalue weighted by Gasteiger charge is 2.25. The number of ether oxygens (including phenoxy) is 1. The zero-order valence-corrected chi connectivity index (χ0v) is 16.9. The van der Waals surface area contributed by atoms with Crippen LogP contribution in [0.3, 0.4) is 0 Å². The van der Waals surface area contributed by atoms with Crippen molar-refractivity contribution in [2.75, 3.05) is 23.8 Å². The van der Waals surface area contributed by atoms with Crippen LogP contribution in [0.1, 0.15) is 33.6 Å². The Labute approximate surface area is 168 Å². The van der Waals surface area contributed by atoms with Crippen molar-refractivity contribution < 1.29 is 13.9 Å². The van der Waals surface area contributed by atoms with Crippen LogP contribution in [0, 0.1) is 11.7 Å². The van der Waals surface area contributed by atoms with Crippen molar-refractivity contribution in [2.24, 2.45) is 5.92 Å². The Hall–Kier alpha value is -3.10. The van der Waals surface area contributed by atoms with Crippen molar-refractivity contribution in [3.8, 4) is 5.75 Å². The van der Waals surface area contributed by atoms with E-state index in [1.807, 2.05) is 20.8 Å². The minimum absolute atomic E-state index is 0.0274. The van der Waals surface area contributed by atoms with Crippen molar-refractivity contribution in [2.45, 2.75) is 40.2 Å². The second kappa shape index (κ2) is 9.90. The summed E-state index contributed by atoms with van der Waals surface area (Å²) in [6, 6.07) is 5.25. The number of aromatic amines is 1. The van der Waals surface area contributed by atoms with Crippen LogP contribution < -0.4 is 26.6 Å². The second-order valence-corrected chi connectivity index (χ2v) is 7.14. The van der Waals surface area contributed by atoms with Gasteiger partial charge in [-0.3, -0.25) is 19.1 Å². The number of nitrogens with two attached hydrogens (primary N) is 1. The molecule has 0 aliphatic carbocycles. The van der Waals surface area contributed by atoms with E-state index in [1.54, 1.807) is 0 Å². The zero-order chi connectivity index (χ0) is 21.6. The highest BCUT2D eigenvalue weighted by atomic mass is 19.1. The third-order valence-electron chi connectivity index (χ3n) is 4.24. The van der Waals surface area contributed by atoms with Crippen LogP contribution in [0.4, 0.5) is 15.9 Å². The van der Waals surface area contributed by atoms with Gasteiger partial charge >= 0.3 is 5.69 Å². The molecule has 8 nitrogen and oxygen atoms in total. The first-order valence-corrected chi connectivity index (χ1v) is 9.55. The highest BCUT2D eigenvalue weighted by Crippen LogP contribution is 2.19. The van der Waals surface area contributed by atoms with E-state index in [0.717, 1.165) is 6.42 Å². The van der Waals surface area contributed by atoms with Gasteiger partial charge in [-0.05, 0) is 36.6 Å². The van der Waals surface area contributed by atoms with Crippen LogP contribution in [0.15, 0.2) is 33.9 Å². The lowest BCUT2D eigenvalue weighted by Gasteiger charge is -2.26. The van der Waals surface area contributed by atoms with Gasteiger partial charge in [-0.15, -0.1) is 0 Å². The Kier molecular flexibility index (Phi) is 7.58. The van der Waals surface area contributed by atoms with E-state index < -0.39 is 23.0 Å². The lowest BCUT2D eigenvalue weighted by Crippen LogP contribution is -2.44. The average molecular weight is 406 g/mol. The van der Waals surface area contributed by atoms with Crippen LogP contribution >= 0.6 is 0 Å². The van der Waals surface area contributed by atoms with Gasteiger partial charge in [0, 0.05) is 13.1 Å². The molecule has 1 aromatic heterocycles. The molecule has 158 valence electrons. The molecule has 9 heteroatoms. The number of amides is 1. The van der Waals surface area contributed by atoms with Crippen LogP contribution in [0.2, 0.25) is 0 Å². The number of halogens is 1. The summed E-state index contributed by atoms with van der Waals surface area (Å²) in [5.41, 5.74) is 4.73. The molecular weight excluding hydrogens is 379 g/mol. The molecule has 2 aromatic rings. The Bertz CT molecular complexity index is 950. The van der Waals surface area contributed by atoms with Crippen LogP contribution in [0.25, 0.3) is 0 Å². The Morgan fingerprint density at radius 2 is 1.93 bits per heavy atom. The van der Waals surface area contributed by atoms with Gasteiger partial charge in [0.05, 0.1) is 0 Å². The Morgan fingerprint density at radius 1 is 1.28 bits per heavy atom. The normalized spacial score (nSPS) is 10.9. The molecule has 2 rings (SSSR count). The van der Waals surface area contributed by atoms with Crippen molar-refractivity contribution >= 4 is 17.4 Å². The fourth-order valence-electron chi connectivity index (χ4n) is 2.81. The molecule has 0 spiro atoms. The lowest BCUT2D eigenvalue weighted by atomic mass is 10.2. The number of nitrogens with zero attached hydrogens (tertiary/aromatic N) is 2. The fourth-order valence-corrected chi connectivity index (χ4v) is 2.81. The van der Waals surface area contributed by atoms with Gasteiger partial charge in [-0.25, -0.2) is 9.18 Å². The first-order valence-electron chi connectivity index (χ1n) is 9.55. The number of hydrogen-bond donors (Lipinski definition) is 2. The maximum absolute atomic E-state index is 13.0. The van der Waals surface area contributed by atoms with E-state index in [2.05, 4.69) is 4.98 Å². The molecule has 0 saturated carbocycles. The van der Waals surface area contributed by atoms with E-state index in [-0.39, 0.29) is 30.6 Å². The van der Waals surface area contributed by atoms with E-state index in [1.165, 1.54) is 33.7 Å². The summed E-state index contributed by atoms with van der Waals surface area (Å²) in [4.78, 5) is 41.0. The first kappa shape index (κ1) is 22.2. The van der Waals surface area contributed by atoms with Crippen molar-refractivity contribution in [1.82, 2.24) is 9.55 Å². The molecule has 29 heavy (non-hydrogen) atoms. The fraction of sp³-hybridized carbons (Fsp3) is 0.450. The number of aromatic nitrogens is 2. The maximum Gasteiger partial charge on any atom is 0.330 e. The number of carbonyl (C=O) groups excluding carboxylic acids is 1. The lowest BCUT2D eigenvalue weighted by molar-refractivity contribution is -0.120. The average Bonchev–Trinajstić information content (AvgIpc) is 2.66. The van der Waals surface area contributed by atoms with Crippen molar-refractivity contribution in [3.05, 3.63) is 50.9 Å². The largest absolute Gasteiger partial charge is 0.484 e. The predicted molar refractivity (Wildman–Crippen MR) is 110 cm³/mol. The van der Waals surface area contributed by atoms with Crippen LogP contribution in [-0.4, -0.2) is 28.6 Å². The number of benzene rings is 1. The SMILES string of the molecule is CCCCn1c(N)c(N(CC(C)C)C(=O)COc2ccc(F)cc2)c(=O)[nH]c1=O. The monoisotopic (exact) mass is 406 g/mol. The summed E-state index contributed by atoms with van der Waals surface area (Å²) < 4.78 is 19.7. The van der Waals surface area contributed by atoms with Gasteiger partial charge < -0.3 is 15.4 Å². The molecule has 0 unspecified atom stereocenters. The van der Waals surface area contributed by atoms with Gasteiger partial charge in [0.1, 0.15) is 17.4 Å². The van der Waals surface area contributed by atoms with Gasteiger partial charge in [-0.1, -0.05) is 27.2 Å². The minimum atomic E-state index is -0.726. The quantitative estimate of drug-likeness (QED) is 0.663. The first-order chi connectivity index (χ1) is 13.7. The molecule has 0 aliphatic heterocycles. The number of carbonyl (C=O) groups is 1. The molecule has 1 aromatic carbocycles. The summed E-state index contributed by atoms with van der Waals surface area (Å²) in [5, 5.41) is 0. The Balaban J connectivity index is 2.35. The van der Waals surface area contributed by atoms with Crippen molar-refractivity contribution in [3.63, 3.8) is 0 Å². The third kappa shape index (κ3) is 5.69. The van der Waals surface area contributed by atoms with E-state index in [0.29, 0.717) is 18.7 Å². The number of hydrogen-bond acceptors (Lipinski definition) is 5. The summed E-state index contributed by atoms with van der Waals surface area (Å²) in [6.07, 6.45) is 1.53. The topological polar surface area (TPSA) is 110 Å². The van der Waals surface area contributed by atoms with Crippen molar-refractivity contribution in [1.29, 1.82) is 0 Å². The summed E-state index contributed by atoms with van der Waals surface area (Å²) in [7, 11) is 0. The molecule has 1 heterocycles. The molecule has 0 saturated heterocycles.